The van der Waals surface area contributed by atoms with E-state index < -0.39 is 17.8 Å². The fourth-order valence-corrected chi connectivity index (χ4v) is 1.70. The van der Waals surface area contributed by atoms with E-state index in [9.17, 15) is 18.0 Å². The lowest BCUT2D eigenvalue weighted by atomic mass is 10.2. The molecule has 1 aromatic rings. The minimum absolute atomic E-state index is 0. The second-order valence-electron chi connectivity index (χ2n) is 4.48. The van der Waals surface area contributed by atoms with Gasteiger partial charge in [-0.2, -0.15) is 13.2 Å². The molecule has 0 heterocycles. The van der Waals surface area contributed by atoms with Gasteiger partial charge in [-0.15, -0.1) is 12.4 Å². The van der Waals surface area contributed by atoms with E-state index in [0.717, 1.165) is 6.07 Å². The number of benzene rings is 1. The first kappa shape index (κ1) is 20.5. The third kappa shape index (κ3) is 6.53. The number of hydrogen-bond acceptors (Lipinski definition) is 3. The Bertz CT molecular complexity index is 470. The minimum Gasteiger partial charge on any atom is -0.488 e. The summed E-state index contributed by atoms with van der Waals surface area (Å²) in [6, 6.07) is 5.05. The molecule has 2 N–H and O–H groups in total. The number of para-hydroxylation sites is 1. The summed E-state index contributed by atoms with van der Waals surface area (Å²) in [7, 11) is 1.63. The van der Waals surface area contributed by atoms with Crippen LogP contribution in [0.15, 0.2) is 24.3 Å². The molecule has 1 aromatic carbocycles. The average molecular weight is 341 g/mol. The smallest absolute Gasteiger partial charge is 0.419 e. The van der Waals surface area contributed by atoms with Gasteiger partial charge >= 0.3 is 6.18 Å². The second kappa shape index (κ2) is 9.53. The molecule has 4 nitrogen and oxygen atoms in total. The predicted octanol–water partition coefficient (Wildman–Crippen LogP) is 2.62. The first-order chi connectivity index (χ1) is 9.88. The van der Waals surface area contributed by atoms with Crippen LogP contribution in [0.25, 0.3) is 0 Å². The minimum atomic E-state index is -4.47. The Hall–Kier alpha value is -1.47. The van der Waals surface area contributed by atoms with Crippen molar-refractivity contribution in [1.82, 2.24) is 10.6 Å². The molecule has 0 aliphatic heterocycles. The van der Waals surface area contributed by atoms with Crippen LogP contribution < -0.4 is 15.4 Å². The number of alkyl halides is 3. The highest BCUT2D eigenvalue weighted by Gasteiger charge is 2.34. The normalized spacial score (nSPS) is 12.2. The molecule has 1 amide bonds. The van der Waals surface area contributed by atoms with E-state index in [0.29, 0.717) is 6.42 Å². The molecule has 0 aliphatic rings. The van der Waals surface area contributed by atoms with E-state index in [4.69, 9.17) is 4.74 Å². The van der Waals surface area contributed by atoms with E-state index >= 15 is 0 Å². The fourth-order valence-electron chi connectivity index (χ4n) is 1.70. The van der Waals surface area contributed by atoms with Gasteiger partial charge in [-0.05, 0) is 25.6 Å². The number of ether oxygens (including phenoxy) is 1. The highest BCUT2D eigenvalue weighted by molar-refractivity contribution is 5.85. The van der Waals surface area contributed by atoms with Crippen molar-refractivity contribution in [3.8, 4) is 5.75 Å². The standard InChI is InChI=1S/C14H19F3N2O2.ClH/c1-3-10(8-19-13(20)9-18-2)21-12-7-5-4-6-11(12)14(15,16)17;/h4-7,10,18H,3,8-9H2,1-2H3,(H,19,20);1H. The summed E-state index contributed by atoms with van der Waals surface area (Å²) >= 11 is 0. The number of hydrogen-bond donors (Lipinski definition) is 2. The molecular weight excluding hydrogens is 321 g/mol. The summed E-state index contributed by atoms with van der Waals surface area (Å²) in [5, 5.41) is 5.29. The van der Waals surface area contributed by atoms with Crippen LogP contribution in [0, 0.1) is 0 Å². The van der Waals surface area contributed by atoms with Crippen molar-refractivity contribution in [3.63, 3.8) is 0 Å². The van der Waals surface area contributed by atoms with E-state index in [1.54, 1.807) is 14.0 Å². The molecule has 0 spiro atoms. The van der Waals surface area contributed by atoms with Crippen molar-refractivity contribution in [2.45, 2.75) is 25.6 Å². The van der Waals surface area contributed by atoms with Crippen LogP contribution in [-0.2, 0) is 11.0 Å². The summed E-state index contributed by atoms with van der Waals surface area (Å²) < 4.78 is 44.0. The number of nitrogens with one attached hydrogen (secondary N) is 2. The van der Waals surface area contributed by atoms with Crippen molar-refractivity contribution in [1.29, 1.82) is 0 Å². The zero-order valence-corrected chi connectivity index (χ0v) is 13.2. The predicted molar refractivity (Wildman–Crippen MR) is 80.3 cm³/mol. The zero-order chi connectivity index (χ0) is 15.9. The van der Waals surface area contributed by atoms with Gasteiger partial charge in [-0.1, -0.05) is 19.1 Å². The molecule has 0 fully saturated rings. The molecule has 1 atom stereocenters. The van der Waals surface area contributed by atoms with Crippen molar-refractivity contribution in [2.75, 3.05) is 20.1 Å². The van der Waals surface area contributed by atoms with Crippen LogP contribution in [0.5, 0.6) is 5.75 Å². The van der Waals surface area contributed by atoms with Gasteiger partial charge in [-0.3, -0.25) is 4.79 Å². The summed E-state index contributed by atoms with van der Waals surface area (Å²) in [4.78, 5) is 11.3. The topological polar surface area (TPSA) is 50.4 Å². The molecule has 0 aromatic heterocycles. The quantitative estimate of drug-likeness (QED) is 0.802. The van der Waals surface area contributed by atoms with E-state index in [1.165, 1.54) is 18.2 Å². The largest absolute Gasteiger partial charge is 0.488 e. The van der Waals surface area contributed by atoms with Crippen LogP contribution in [0.2, 0.25) is 0 Å². The lowest BCUT2D eigenvalue weighted by Gasteiger charge is -2.21. The highest BCUT2D eigenvalue weighted by atomic mass is 35.5. The van der Waals surface area contributed by atoms with Gasteiger partial charge in [0, 0.05) is 0 Å². The molecule has 0 radical (unpaired) electrons. The average Bonchev–Trinajstić information content (AvgIpc) is 2.43. The van der Waals surface area contributed by atoms with Crippen LogP contribution in [0.3, 0.4) is 0 Å². The summed E-state index contributed by atoms with van der Waals surface area (Å²) in [6.07, 6.45) is -4.51. The lowest BCUT2D eigenvalue weighted by molar-refractivity contribution is -0.139. The Balaban J connectivity index is 0.00000441. The molecule has 1 rings (SSSR count). The lowest BCUT2D eigenvalue weighted by Crippen LogP contribution is -2.39. The molecule has 1 unspecified atom stereocenters. The maximum absolute atomic E-state index is 12.9. The Kier molecular flexibility index (Phi) is 8.89. The SMILES string of the molecule is CCC(CNC(=O)CNC)Oc1ccccc1C(F)(F)F.Cl. The number of carbonyl (C=O) groups is 1. The van der Waals surface area contributed by atoms with Gasteiger partial charge in [0.2, 0.25) is 5.91 Å². The van der Waals surface area contributed by atoms with Gasteiger partial charge in [0.1, 0.15) is 11.9 Å². The molecular formula is C14H20ClF3N2O2. The van der Waals surface area contributed by atoms with Crippen molar-refractivity contribution in [2.24, 2.45) is 0 Å². The Morgan fingerprint density at radius 1 is 1.32 bits per heavy atom. The molecule has 0 saturated carbocycles. The van der Waals surface area contributed by atoms with Crippen LogP contribution in [-0.4, -0.2) is 32.1 Å². The number of carbonyl (C=O) groups excluding carboxylic acids is 1. The molecule has 0 aliphatic carbocycles. The van der Waals surface area contributed by atoms with E-state index in [1.807, 2.05) is 0 Å². The van der Waals surface area contributed by atoms with E-state index in [-0.39, 0.29) is 37.2 Å². The van der Waals surface area contributed by atoms with Gasteiger partial charge in [0.25, 0.3) is 0 Å². The summed E-state index contributed by atoms with van der Waals surface area (Å²) in [5.41, 5.74) is -0.815. The van der Waals surface area contributed by atoms with Gasteiger partial charge in [-0.25, -0.2) is 0 Å². The molecule has 8 heteroatoms. The Morgan fingerprint density at radius 2 is 1.95 bits per heavy atom. The zero-order valence-electron chi connectivity index (χ0n) is 12.4. The molecule has 22 heavy (non-hydrogen) atoms. The van der Waals surface area contributed by atoms with Crippen LogP contribution in [0.1, 0.15) is 18.9 Å². The van der Waals surface area contributed by atoms with Gasteiger partial charge in [0.15, 0.2) is 0 Å². The first-order valence-electron chi connectivity index (χ1n) is 6.62. The third-order valence-corrected chi connectivity index (χ3v) is 2.81. The maximum Gasteiger partial charge on any atom is 0.419 e. The van der Waals surface area contributed by atoms with E-state index in [2.05, 4.69) is 10.6 Å². The number of halogens is 4. The van der Waals surface area contributed by atoms with Crippen molar-refractivity contribution >= 4 is 18.3 Å². The second-order valence-corrected chi connectivity index (χ2v) is 4.48. The number of amides is 1. The van der Waals surface area contributed by atoms with Gasteiger partial charge in [0.05, 0.1) is 18.7 Å². The third-order valence-electron chi connectivity index (χ3n) is 2.81. The number of rotatable bonds is 7. The van der Waals surface area contributed by atoms with Crippen molar-refractivity contribution in [3.05, 3.63) is 29.8 Å². The monoisotopic (exact) mass is 340 g/mol. The summed E-state index contributed by atoms with van der Waals surface area (Å²) in [6.45, 7) is 2.09. The highest BCUT2D eigenvalue weighted by Crippen LogP contribution is 2.36. The molecule has 126 valence electrons. The van der Waals surface area contributed by atoms with Crippen LogP contribution >= 0.6 is 12.4 Å². The molecule has 0 saturated heterocycles. The summed E-state index contributed by atoms with van der Waals surface area (Å²) in [5.74, 6) is -0.455. The van der Waals surface area contributed by atoms with Gasteiger partial charge < -0.3 is 15.4 Å². The first-order valence-corrected chi connectivity index (χ1v) is 6.62. The Morgan fingerprint density at radius 3 is 2.50 bits per heavy atom. The fraction of sp³-hybridized carbons (Fsp3) is 0.500. The maximum atomic E-state index is 12.9. The Labute approximate surface area is 133 Å². The van der Waals surface area contributed by atoms with Crippen molar-refractivity contribution < 1.29 is 22.7 Å². The number of likely N-dealkylation sites (N-methyl/N-ethyl adjacent to an activating group) is 1. The van der Waals surface area contributed by atoms with Crippen LogP contribution in [0.4, 0.5) is 13.2 Å². The molecule has 0 bridgehead atoms.